The number of unbranched alkanes of at least 4 members (excludes halogenated alkanes) is 45. The Morgan fingerprint density at radius 1 is 0.380 bits per heavy atom. The van der Waals surface area contributed by atoms with Crippen molar-refractivity contribution in [2.24, 2.45) is 0 Å². The summed E-state index contributed by atoms with van der Waals surface area (Å²) in [4.78, 5) is 24.5. The first-order valence-corrected chi connectivity index (χ1v) is 32.1. The number of carbonyl (C=O) groups excluding carboxylic acids is 2. The molecule has 0 aliphatic rings. The Hall–Kier alpha value is -1.66. The second kappa shape index (κ2) is 60.9. The fourth-order valence-electron chi connectivity index (χ4n) is 10.0. The number of ether oxygens (including phenoxy) is 1. The Morgan fingerprint density at radius 2 is 0.662 bits per heavy atom. The van der Waals surface area contributed by atoms with Gasteiger partial charge < -0.3 is 20.3 Å². The third-order valence-electron chi connectivity index (χ3n) is 15.0. The summed E-state index contributed by atoms with van der Waals surface area (Å²) in [6.07, 6.45) is 74.9. The molecule has 0 radical (unpaired) electrons. The summed E-state index contributed by atoms with van der Waals surface area (Å²) >= 11 is 0. The van der Waals surface area contributed by atoms with Crippen LogP contribution in [0.4, 0.5) is 0 Å². The third kappa shape index (κ3) is 57.5. The van der Waals surface area contributed by atoms with Crippen LogP contribution in [0.25, 0.3) is 0 Å². The van der Waals surface area contributed by atoms with E-state index in [0.717, 1.165) is 44.9 Å². The van der Waals surface area contributed by atoms with Crippen molar-refractivity contribution < 1.29 is 24.5 Å². The summed E-state index contributed by atoms with van der Waals surface area (Å²) in [5, 5.41) is 23.2. The Morgan fingerprint density at radius 3 is 1.00 bits per heavy atom. The highest BCUT2D eigenvalue weighted by molar-refractivity contribution is 5.76. The van der Waals surface area contributed by atoms with Crippen LogP contribution in [0.1, 0.15) is 354 Å². The van der Waals surface area contributed by atoms with Gasteiger partial charge in [0.25, 0.3) is 0 Å². The van der Waals surface area contributed by atoms with E-state index in [2.05, 4.69) is 43.5 Å². The molecule has 0 heterocycles. The molecule has 0 aliphatic heterocycles. The van der Waals surface area contributed by atoms with E-state index >= 15 is 0 Å². The number of aliphatic hydroxyl groups is 2. The number of aliphatic hydroxyl groups excluding tert-OH is 2. The highest BCUT2D eigenvalue weighted by atomic mass is 16.5. The van der Waals surface area contributed by atoms with E-state index in [0.29, 0.717) is 25.9 Å². The van der Waals surface area contributed by atoms with E-state index < -0.39 is 12.1 Å². The third-order valence-corrected chi connectivity index (χ3v) is 15.0. The standard InChI is InChI=1S/C65H125NO5/c1-3-5-7-9-11-13-15-16-17-18-29-32-35-39-43-47-51-55-59-65(70)71-60-56-52-48-44-40-36-33-30-27-25-23-21-19-20-22-24-26-28-31-34-38-42-46-50-54-58-64(69)66-62(61-67)63(68)57-53-49-45-41-37-14-12-10-8-6-4-2/h17-18,20,22,62-63,67-68H,3-16,19,21,23-61H2,1-2H3,(H,66,69)/b18-17-,22-20-. The summed E-state index contributed by atoms with van der Waals surface area (Å²) in [7, 11) is 0. The molecule has 0 aromatic carbocycles. The van der Waals surface area contributed by atoms with Crippen LogP contribution in [0.2, 0.25) is 0 Å². The van der Waals surface area contributed by atoms with Crippen LogP contribution in [-0.4, -0.2) is 47.4 Å². The molecule has 6 nitrogen and oxygen atoms in total. The van der Waals surface area contributed by atoms with Crippen molar-refractivity contribution >= 4 is 11.9 Å². The molecule has 0 bridgehead atoms. The van der Waals surface area contributed by atoms with Gasteiger partial charge in [0.15, 0.2) is 0 Å². The zero-order valence-corrected chi connectivity index (χ0v) is 48.0. The number of carbonyl (C=O) groups is 2. The molecule has 6 heteroatoms. The van der Waals surface area contributed by atoms with Crippen molar-refractivity contribution in [1.82, 2.24) is 5.32 Å². The van der Waals surface area contributed by atoms with Gasteiger partial charge in [0.05, 0.1) is 25.4 Å². The summed E-state index contributed by atoms with van der Waals surface area (Å²) < 4.78 is 5.50. The fraction of sp³-hybridized carbons (Fsp3) is 0.908. The molecule has 1 amide bonds. The summed E-state index contributed by atoms with van der Waals surface area (Å²) in [6, 6.07) is -0.542. The second-order valence-electron chi connectivity index (χ2n) is 22.1. The van der Waals surface area contributed by atoms with E-state index in [1.165, 1.54) is 276 Å². The molecule has 0 rings (SSSR count). The van der Waals surface area contributed by atoms with Crippen LogP contribution >= 0.6 is 0 Å². The van der Waals surface area contributed by atoms with Crippen molar-refractivity contribution in [3.8, 4) is 0 Å². The maximum atomic E-state index is 12.4. The molecule has 71 heavy (non-hydrogen) atoms. The zero-order chi connectivity index (χ0) is 51.4. The highest BCUT2D eigenvalue weighted by Gasteiger charge is 2.20. The molecule has 0 saturated heterocycles. The molecule has 0 aliphatic carbocycles. The molecule has 0 saturated carbocycles. The molecule has 2 atom stereocenters. The molecule has 0 fully saturated rings. The average molecular weight is 1000 g/mol. The van der Waals surface area contributed by atoms with Gasteiger partial charge >= 0.3 is 5.97 Å². The van der Waals surface area contributed by atoms with Gasteiger partial charge in [-0.3, -0.25) is 9.59 Å². The number of amides is 1. The van der Waals surface area contributed by atoms with Crippen LogP contribution < -0.4 is 5.32 Å². The first kappa shape index (κ1) is 69.3. The first-order chi connectivity index (χ1) is 35.0. The maximum Gasteiger partial charge on any atom is 0.305 e. The fourth-order valence-corrected chi connectivity index (χ4v) is 10.0. The van der Waals surface area contributed by atoms with Gasteiger partial charge in [-0.2, -0.15) is 0 Å². The van der Waals surface area contributed by atoms with E-state index in [-0.39, 0.29) is 18.5 Å². The minimum absolute atomic E-state index is 0.0109. The zero-order valence-electron chi connectivity index (χ0n) is 48.0. The average Bonchev–Trinajstić information content (AvgIpc) is 3.37. The van der Waals surface area contributed by atoms with Gasteiger partial charge in [0.2, 0.25) is 5.91 Å². The number of hydrogen-bond acceptors (Lipinski definition) is 5. The van der Waals surface area contributed by atoms with Crippen molar-refractivity contribution in [3.05, 3.63) is 24.3 Å². The van der Waals surface area contributed by atoms with Crippen LogP contribution in [-0.2, 0) is 14.3 Å². The Kier molecular flexibility index (Phi) is 59.5. The number of esters is 1. The summed E-state index contributed by atoms with van der Waals surface area (Å²) in [5.41, 5.74) is 0. The smallest absolute Gasteiger partial charge is 0.305 e. The maximum absolute atomic E-state index is 12.4. The second-order valence-corrected chi connectivity index (χ2v) is 22.1. The van der Waals surface area contributed by atoms with Crippen molar-refractivity contribution in [2.45, 2.75) is 366 Å². The van der Waals surface area contributed by atoms with Gasteiger partial charge in [-0.05, 0) is 77.0 Å². The Balaban J connectivity index is 3.36. The van der Waals surface area contributed by atoms with Gasteiger partial charge in [-0.25, -0.2) is 0 Å². The van der Waals surface area contributed by atoms with E-state index in [1.54, 1.807) is 0 Å². The van der Waals surface area contributed by atoms with Crippen molar-refractivity contribution in [3.63, 3.8) is 0 Å². The van der Waals surface area contributed by atoms with Gasteiger partial charge in [0.1, 0.15) is 0 Å². The molecule has 0 aromatic rings. The molecule has 420 valence electrons. The van der Waals surface area contributed by atoms with Crippen LogP contribution in [0, 0.1) is 0 Å². The first-order valence-electron chi connectivity index (χ1n) is 32.1. The monoisotopic (exact) mass is 1000 g/mol. The predicted octanol–water partition coefficient (Wildman–Crippen LogP) is 20.2. The van der Waals surface area contributed by atoms with Crippen LogP contribution in [0.15, 0.2) is 24.3 Å². The van der Waals surface area contributed by atoms with Crippen LogP contribution in [0.5, 0.6) is 0 Å². The highest BCUT2D eigenvalue weighted by Crippen LogP contribution is 2.17. The largest absolute Gasteiger partial charge is 0.466 e. The van der Waals surface area contributed by atoms with Crippen molar-refractivity contribution in [2.75, 3.05) is 13.2 Å². The lowest BCUT2D eigenvalue weighted by molar-refractivity contribution is -0.143. The molecule has 2 unspecified atom stereocenters. The Labute approximate surface area is 443 Å². The predicted molar refractivity (Wildman–Crippen MR) is 310 cm³/mol. The molecule has 3 N–H and O–H groups in total. The van der Waals surface area contributed by atoms with Crippen LogP contribution in [0.3, 0.4) is 0 Å². The van der Waals surface area contributed by atoms with Gasteiger partial charge in [-0.1, -0.05) is 289 Å². The number of hydrogen-bond donors (Lipinski definition) is 3. The van der Waals surface area contributed by atoms with Gasteiger partial charge in [0, 0.05) is 12.8 Å². The quantitative estimate of drug-likeness (QED) is 0.0320. The summed E-state index contributed by atoms with van der Waals surface area (Å²) in [5.74, 6) is -0.0271. The lowest BCUT2D eigenvalue weighted by Gasteiger charge is -2.22. The lowest BCUT2D eigenvalue weighted by atomic mass is 10.0. The summed E-state index contributed by atoms with van der Waals surface area (Å²) in [6.45, 7) is 4.96. The normalized spacial score (nSPS) is 12.7. The molecule has 0 spiro atoms. The molecular weight excluding hydrogens is 875 g/mol. The minimum atomic E-state index is -0.664. The van der Waals surface area contributed by atoms with E-state index in [9.17, 15) is 19.8 Å². The number of allylic oxidation sites excluding steroid dienone is 4. The molecule has 0 aromatic heterocycles. The topological polar surface area (TPSA) is 95.9 Å². The molecular formula is C65H125NO5. The SMILES string of the molecule is CCCCCCCCC/C=C\CCCCCCCCCC(=O)OCCCCCCCCCCCCCC/C=C\CCCCCCCCCCCC(=O)NC(CO)C(O)CCCCCCCCCCCCC. The number of nitrogens with one attached hydrogen (secondary N) is 1. The number of rotatable bonds is 60. The minimum Gasteiger partial charge on any atom is -0.466 e. The van der Waals surface area contributed by atoms with Crippen molar-refractivity contribution in [1.29, 1.82) is 0 Å². The van der Waals surface area contributed by atoms with E-state index in [1.807, 2.05) is 0 Å². The van der Waals surface area contributed by atoms with E-state index in [4.69, 9.17) is 4.74 Å². The Bertz CT molecular complexity index is 1110. The van der Waals surface area contributed by atoms with Gasteiger partial charge in [-0.15, -0.1) is 0 Å². The lowest BCUT2D eigenvalue weighted by Crippen LogP contribution is -2.45.